The summed E-state index contributed by atoms with van der Waals surface area (Å²) in [5.74, 6) is -0.868. The SMILES string of the molecule is CCCCCCCCCCCCCCNc1ccccc1C(=O)O. The average molecular weight is 334 g/mol. The molecule has 0 bridgehead atoms. The minimum Gasteiger partial charge on any atom is -0.478 e. The minimum absolute atomic E-state index is 0.358. The smallest absolute Gasteiger partial charge is 0.337 e. The van der Waals surface area contributed by atoms with Crippen LogP contribution in [0.2, 0.25) is 0 Å². The van der Waals surface area contributed by atoms with Crippen molar-refractivity contribution < 1.29 is 9.90 Å². The molecule has 0 unspecified atom stereocenters. The largest absolute Gasteiger partial charge is 0.478 e. The van der Waals surface area contributed by atoms with E-state index in [2.05, 4.69) is 12.2 Å². The quantitative estimate of drug-likeness (QED) is 0.360. The van der Waals surface area contributed by atoms with Gasteiger partial charge in [-0.05, 0) is 18.6 Å². The van der Waals surface area contributed by atoms with Crippen LogP contribution in [-0.4, -0.2) is 17.6 Å². The Bertz CT molecular complexity index is 445. The molecule has 1 aromatic rings. The lowest BCUT2D eigenvalue weighted by atomic mass is 10.1. The number of benzene rings is 1. The number of nitrogens with one attached hydrogen (secondary N) is 1. The van der Waals surface area contributed by atoms with Gasteiger partial charge >= 0.3 is 5.97 Å². The molecule has 0 saturated carbocycles. The topological polar surface area (TPSA) is 49.3 Å². The van der Waals surface area contributed by atoms with Crippen molar-refractivity contribution >= 4 is 11.7 Å². The first kappa shape index (κ1) is 20.5. The Hall–Kier alpha value is -1.51. The van der Waals surface area contributed by atoms with Crippen molar-refractivity contribution in [2.24, 2.45) is 0 Å². The second kappa shape index (κ2) is 13.9. The summed E-state index contributed by atoms with van der Waals surface area (Å²) in [5, 5.41) is 12.4. The van der Waals surface area contributed by atoms with Crippen LogP contribution in [0.1, 0.15) is 94.3 Å². The van der Waals surface area contributed by atoms with E-state index in [-0.39, 0.29) is 0 Å². The number of carboxylic acid groups (broad SMARTS) is 1. The Labute approximate surface area is 147 Å². The van der Waals surface area contributed by atoms with Gasteiger partial charge in [0.25, 0.3) is 0 Å². The van der Waals surface area contributed by atoms with Crippen molar-refractivity contribution in [3.05, 3.63) is 29.8 Å². The number of aromatic carboxylic acids is 1. The molecule has 3 nitrogen and oxygen atoms in total. The van der Waals surface area contributed by atoms with Gasteiger partial charge in [0, 0.05) is 12.2 Å². The first-order chi connectivity index (χ1) is 11.8. The highest BCUT2D eigenvalue weighted by molar-refractivity contribution is 5.94. The molecule has 0 aliphatic rings. The van der Waals surface area contributed by atoms with E-state index in [0.29, 0.717) is 5.56 Å². The number of unbranched alkanes of at least 4 members (excludes halogenated alkanes) is 11. The van der Waals surface area contributed by atoms with Crippen LogP contribution in [0.15, 0.2) is 24.3 Å². The number of carbonyl (C=O) groups is 1. The van der Waals surface area contributed by atoms with E-state index < -0.39 is 5.97 Å². The van der Waals surface area contributed by atoms with Gasteiger partial charge in [-0.2, -0.15) is 0 Å². The van der Waals surface area contributed by atoms with E-state index in [1.807, 2.05) is 12.1 Å². The van der Waals surface area contributed by atoms with Crippen molar-refractivity contribution in [2.45, 2.75) is 84.0 Å². The van der Waals surface area contributed by atoms with Crippen molar-refractivity contribution in [1.29, 1.82) is 0 Å². The van der Waals surface area contributed by atoms with E-state index in [9.17, 15) is 4.79 Å². The molecular formula is C21H35NO2. The van der Waals surface area contributed by atoms with E-state index in [1.165, 1.54) is 70.6 Å². The normalized spacial score (nSPS) is 10.7. The van der Waals surface area contributed by atoms with E-state index in [4.69, 9.17) is 5.11 Å². The Morgan fingerprint density at radius 3 is 1.88 bits per heavy atom. The number of rotatable bonds is 15. The van der Waals surface area contributed by atoms with Crippen molar-refractivity contribution in [3.8, 4) is 0 Å². The zero-order chi connectivity index (χ0) is 17.5. The lowest BCUT2D eigenvalue weighted by Crippen LogP contribution is -2.07. The molecule has 0 fully saturated rings. The van der Waals surface area contributed by atoms with Gasteiger partial charge in [0.2, 0.25) is 0 Å². The van der Waals surface area contributed by atoms with Crippen LogP contribution in [0.5, 0.6) is 0 Å². The first-order valence-corrected chi connectivity index (χ1v) is 9.82. The highest BCUT2D eigenvalue weighted by atomic mass is 16.4. The maximum absolute atomic E-state index is 11.1. The lowest BCUT2D eigenvalue weighted by Gasteiger charge is -2.09. The van der Waals surface area contributed by atoms with Crippen LogP contribution < -0.4 is 5.32 Å². The standard InChI is InChI=1S/C21H35NO2/c1-2-3-4-5-6-7-8-9-10-11-12-15-18-22-20-17-14-13-16-19(20)21(23)24/h13-14,16-17,22H,2-12,15,18H2,1H3,(H,23,24). The average Bonchev–Trinajstić information content (AvgIpc) is 2.59. The molecule has 0 aliphatic carbocycles. The van der Waals surface area contributed by atoms with E-state index >= 15 is 0 Å². The summed E-state index contributed by atoms with van der Waals surface area (Å²) in [6.45, 7) is 3.11. The Balaban J connectivity index is 1.93. The number of para-hydroxylation sites is 1. The van der Waals surface area contributed by atoms with Gasteiger partial charge in [-0.15, -0.1) is 0 Å². The summed E-state index contributed by atoms with van der Waals surface area (Å²) >= 11 is 0. The molecule has 0 heterocycles. The lowest BCUT2D eigenvalue weighted by molar-refractivity contribution is 0.0698. The van der Waals surface area contributed by atoms with Gasteiger partial charge in [0.05, 0.1) is 5.56 Å². The van der Waals surface area contributed by atoms with Gasteiger partial charge in [0.1, 0.15) is 0 Å². The predicted molar refractivity (Wildman–Crippen MR) is 103 cm³/mol. The third-order valence-corrected chi connectivity index (χ3v) is 4.50. The van der Waals surface area contributed by atoms with Crippen LogP contribution in [0.25, 0.3) is 0 Å². The maximum atomic E-state index is 11.1. The van der Waals surface area contributed by atoms with Gasteiger partial charge in [-0.3, -0.25) is 0 Å². The van der Waals surface area contributed by atoms with E-state index in [1.54, 1.807) is 12.1 Å². The summed E-state index contributed by atoms with van der Waals surface area (Å²) in [6.07, 6.45) is 16.1. The molecule has 136 valence electrons. The molecule has 1 aromatic carbocycles. The molecule has 0 radical (unpaired) electrons. The molecule has 0 aliphatic heterocycles. The van der Waals surface area contributed by atoms with Crippen LogP contribution in [-0.2, 0) is 0 Å². The Morgan fingerprint density at radius 1 is 0.833 bits per heavy atom. The first-order valence-electron chi connectivity index (χ1n) is 9.82. The van der Waals surface area contributed by atoms with Crippen molar-refractivity contribution in [3.63, 3.8) is 0 Å². The fourth-order valence-electron chi connectivity index (χ4n) is 3.01. The van der Waals surface area contributed by atoms with E-state index in [0.717, 1.165) is 18.7 Å². The monoisotopic (exact) mass is 333 g/mol. The molecule has 0 spiro atoms. The van der Waals surface area contributed by atoms with Crippen LogP contribution >= 0.6 is 0 Å². The molecule has 1 rings (SSSR count). The summed E-state index contributed by atoms with van der Waals surface area (Å²) in [6, 6.07) is 7.12. The third-order valence-electron chi connectivity index (χ3n) is 4.50. The molecule has 0 amide bonds. The third kappa shape index (κ3) is 9.59. The fourth-order valence-corrected chi connectivity index (χ4v) is 3.01. The Kier molecular flexibility index (Phi) is 11.9. The summed E-state index contributed by atoms with van der Waals surface area (Å²) in [7, 11) is 0. The second-order valence-electron chi connectivity index (χ2n) is 6.67. The number of hydrogen-bond acceptors (Lipinski definition) is 2. The van der Waals surface area contributed by atoms with Gasteiger partial charge < -0.3 is 10.4 Å². The number of hydrogen-bond donors (Lipinski definition) is 2. The summed E-state index contributed by atoms with van der Waals surface area (Å²) < 4.78 is 0. The zero-order valence-corrected chi connectivity index (χ0v) is 15.4. The fraction of sp³-hybridized carbons (Fsp3) is 0.667. The van der Waals surface area contributed by atoms with Gasteiger partial charge in [-0.25, -0.2) is 4.79 Å². The highest BCUT2D eigenvalue weighted by Crippen LogP contribution is 2.15. The highest BCUT2D eigenvalue weighted by Gasteiger charge is 2.07. The van der Waals surface area contributed by atoms with Crippen LogP contribution in [0.3, 0.4) is 0 Å². The molecule has 0 aromatic heterocycles. The zero-order valence-electron chi connectivity index (χ0n) is 15.4. The Morgan fingerprint density at radius 2 is 1.33 bits per heavy atom. The van der Waals surface area contributed by atoms with Crippen molar-refractivity contribution in [2.75, 3.05) is 11.9 Å². The maximum Gasteiger partial charge on any atom is 0.337 e. The molecule has 2 N–H and O–H groups in total. The molecule has 0 atom stereocenters. The summed E-state index contributed by atoms with van der Waals surface area (Å²) in [5.41, 5.74) is 1.09. The predicted octanol–water partition coefficient (Wildman–Crippen LogP) is 6.50. The second-order valence-corrected chi connectivity index (χ2v) is 6.67. The molecule has 3 heteroatoms. The molecular weight excluding hydrogens is 298 g/mol. The van der Waals surface area contributed by atoms with Gasteiger partial charge in [-0.1, -0.05) is 89.7 Å². The number of carboxylic acids is 1. The summed E-state index contributed by atoms with van der Waals surface area (Å²) in [4.78, 5) is 11.1. The number of anilines is 1. The van der Waals surface area contributed by atoms with Crippen LogP contribution in [0, 0.1) is 0 Å². The van der Waals surface area contributed by atoms with Crippen LogP contribution in [0.4, 0.5) is 5.69 Å². The van der Waals surface area contributed by atoms with Crippen molar-refractivity contribution in [1.82, 2.24) is 0 Å². The molecule has 0 saturated heterocycles. The van der Waals surface area contributed by atoms with Gasteiger partial charge in [0.15, 0.2) is 0 Å². The minimum atomic E-state index is -0.868. The molecule has 24 heavy (non-hydrogen) atoms.